The second-order valence-electron chi connectivity index (χ2n) is 7.32. The van der Waals surface area contributed by atoms with Crippen molar-refractivity contribution in [3.05, 3.63) is 78.0 Å². The van der Waals surface area contributed by atoms with Crippen molar-refractivity contribution in [2.75, 3.05) is 11.1 Å². The molecule has 0 aliphatic heterocycles. The number of aryl methyl sites for hydroxylation is 1. The van der Waals surface area contributed by atoms with Crippen LogP contribution in [0.1, 0.15) is 42.9 Å². The van der Waals surface area contributed by atoms with Gasteiger partial charge >= 0.3 is 0 Å². The SMILES string of the molecule is C=C(/C=C(\C=C/C)c1cc(N)ccc1C)c1ccnc(NC(=O)CC2CC2)c1. The van der Waals surface area contributed by atoms with E-state index in [4.69, 9.17) is 5.73 Å². The van der Waals surface area contributed by atoms with Gasteiger partial charge in [-0.05, 0) is 90.8 Å². The lowest BCUT2D eigenvalue weighted by Gasteiger charge is -2.11. The first-order valence-corrected chi connectivity index (χ1v) is 9.62. The highest BCUT2D eigenvalue weighted by atomic mass is 16.1. The van der Waals surface area contributed by atoms with E-state index in [1.165, 1.54) is 0 Å². The number of benzene rings is 1. The van der Waals surface area contributed by atoms with Gasteiger partial charge in [0.2, 0.25) is 5.91 Å². The van der Waals surface area contributed by atoms with Crippen LogP contribution in [0.5, 0.6) is 0 Å². The predicted octanol–water partition coefficient (Wildman–Crippen LogP) is 5.38. The molecular weight excluding hydrogens is 346 g/mol. The standard InChI is InChI=1S/C24H27N3O/c1-4-5-20(22-15-21(25)9-6-16(22)2)12-17(3)19-10-11-26-23(14-19)27-24(28)13-18-7-8-18/h4-6,9-12,14-15,18H,3,7-8,13,25H2,1-2H3,(H,26,27,28)/b5-4-,20-12+. The first-order chi connectivity index (χ1) is 13.5. The van der Waals surface area contributed by atoms with Crippen molar-refractivity contribution in [2.45, 2.75) is 33.1 Å². The molecule has 4 nitrogen and oxygen atoms in total. The van der Waals surface area contributed by atoms with E-state index in [0.717, 1.165) is 46.4 Å². The summed E-state index contributed by atoms with van der Waals surface area (Å²) in [4.78, 5) is 16.3. The number of hydrogen-bond acceptors (Lipinski definition) is 3. The topological polar surface area (TPSA) is 68.0 Å². The number of rotatable bonds is 7. The van der Waals surface area contributed by atoms with Gasteiger partial charge in [0, 0.05) is 18.3 Å². The van der Waals surface area contributed by atoms with Crippen molar-refractivity contribution in [3.8, 4) is 0 Å². The average molecular weight is 374 g/mol. The molecule has 1 aromatic carbocycles. The molecular formula is C24H27N3O. The molecule has 4 heteroatoms. The van der Waals surface area contributed by atoms with Crippen LogP contribution in [0.2, 0.25) is 0 Å². The Morgan fingerprint density at radius 1 is 1.32 bits per heavy atom. The largest absolute Gasteiger partial charge is 0.399 e. The Bertz CT molecular complexity index is 952. The average Bonchev–Trinajstić information content (AvgIpc) is 3.47. The molecule has 3 N–H and O–H groups in total. The van der Waals surface area contributed by atoms with E-state index in [1.54, 1.807) is 6.20 Å². The number of amides is 1. The van der Waals surface area contributed by atoms with E-state index in [2.05, 4.69) is 23.8 Å². The first-order valence-electron chi connectivity index (χ1n) is 9.62. The maximum Gasteiger partial charge on any atom is 0.225 e. The van der Waals surface area contributed by atoms with Crippen molar-refractivity contribution >= 4 is 28.6 Å². The summed E-state index contributed by atoms with van der Waals surface area (Å²) in [5.74, 6) is 1.13. The van der Waals surface area contributed by atoms with Crippen LogP contribution in [-0.4, -0.2) is 10.9 Å². The molecule has 1 aromatic heterocycles. The summed E-state index contributed by atoms with van der Waals surface area (Å²) >= 11 is 0. The third-order valence-electron chi connectivity index (χ3n) is 4.82. The van der Waals surface area contributed by atoms with Gasteiger partial charge in [0.05, 0.1) is 0 Å². The molecule has 0 radical (unpaired) electrons. The van der Waals surface area contributed by atoms with Crippen molar-refractivity contribution in [1.29, 1.82) is 0 Å². The van der Waals surface area contributed by atoms with Gasteiger partial charge in [-0.1, -0.05) is 24.8 Å². The molecule has 0 saturated heterocycles. The third-order valence-corrected chi connectivity index (χ3v) is 4.82. The van der Waals surface area contributed by atoms with E-state index in [0.29, 0.717) is 18.2 Å². The molecule has 1 fully saturated rings. The minimum atomic E-state index is 0.0262. The zero-order valence-electron chi connectivity index (χ0n) is 16.5. The number of nitrogens with two attached hydrogens (primary N) is 1. The number of carbonyl (C=O) groups is 1. The second-order valence-corrected chi connectivity index (χ2v) is 7.32. The van der Waals surface area contributed by atoms with Gasteiger partial charge in [0.1, 0.15) is 5.82 Å². The monoisotopic (exact) mass is 373 g/mol. The van der Waals surface area contributed by atoms with Gasteiger partial charge in [-0.25, -0.2) is 4.98 Å². The molecule has 28 heavy (non-hydrogen) atoms. The van der Waals surface area contributed by atoms with Gasteiger partial charge in [0.15, 0.2) is 0 Å². The molecule has 0 spiro atoms. The van der Waals surface area contributed by atoms with Crippen LogP contribution in [0, 0.1) is 12.8 Å². The van der Waals surface area contributed by atoms with Crippen LogP contribution in [0.4, 0.5) is 11.5 Å². The smallest absolute Gasteiger partial charge is 0.225 e. The highest BCUT2D eigenvalue weighted by Crippen LogP contribution is 2.32. The Balaban J connectivity index is 1.83. The number of nitrogens with zero attached hydrogens (tertiary/aromatic N) is 1. The fraction of sp³-hybridized carbons (Fsp3) is 0.250. The zero-order chi connectivity index (χ0) is 20.1. The Labute approximate surface area is 166 Å². The molecule has 1 aliphatic rings. The lowest BCUT2D eigenvalue weighted by Crippen LogP contribution is -2.13. The fourth-order valence-corrected chi connectivity index (χ4v) is 3.09. The van der Waals surface area contributed by atoms with Gasteiger partial charge in [-0.3, -0.25) is 4.79 Å². The normalized spacial score (nSPS) is 14.3. The van der Waals surface area contributed by atoms with Crippen LogP contribution < -0.4 is 11.1 Å². The maximum atomic E-state index is 12.1. The van der Waals surface area contributed by atoms with Gasteiger partial charge in [-0.2, -0.15) is 0 Å². The fourth-order valence-electron chi connectivity index (χ4n) is 3.09. The number of nitrogen functional groups attached to an aromatic ring is 1. The molecule has 3 rings (SSSR count). The van der Waals surface area contributed by atoms with Crippen LogP contribution in [0.15, 0.2) is 61.3 Å². The lowest BCUT2D eigenvalue weighted by atomic mass is 9.96. The maximum absolute atomic E-state index is 12.1. The molecule has 0 atom stereocenters. The third kappa shape index (κ3) is 5.19. The summed E-state index contributed by atoms with van der Waals surface area (Å²) in [6.45, 7) is 8.27. The molecule has 1 amide bonds. The Morgan fingerprint density at radius 3 is 2.82 bits per heavy atom. The summed E-state index contributed by atoms with van der Waals surface area (Å²) < 4.78 is 0. The van der Waals surface area contributed by atoms with Crippen LogP contribution in [0.3, 0.4) is 0 Å². The van der Waals surface area contributed by atoms with Crippen molar-refractivity contribution in [1.82, 2.24) is 4.98 Å². The molecule has 0 unspecified atom stereocenters. The number of aromatic nitrogens is 1. The highest BCUT2D eigenvalue weighted by molar-refractivity contribution is 5.92. The van der Waals surface area contributed by atoms with Crippen LogP contribution in [-0.2, 0) is 4.79 Å². The molecule has 1 heterocycles. The predicted molar refractivity (Wildman–Crippen MR) is 118 cm³/mol. The Kier molecular flexibility index (Phi) is 6.09. The highest BCUT2D eigenvalue weighted by Gasteiger charge is 2.24. The number of allylic oxidation sites excluding steroid dienone is 5. The molecule has 144 valence electrons. The van der Waals surface area contributed by atoms with Crippen molar-refractivity contribution in [3.63, 3.8) is 0 Å². The Hall–Kier alpha value is -3.14. The first kappa shape index (κ1) is 19.6. The number of anilines is 2. The molecule has 1 saturated carbocycles. The van der Waals surface area contributed by atoms with Gasteiger partial charge in [0.25, 0.3) is 0 Å². The van der Waals surface area contributed by atoms with Crippen LogP contribution in [0.25, 0.3) is 11.1 Å². The minimum absolute atomic E-state index is 0.0262. The van der Waals surface area contributed by atoms with E-state index >= 15 is 0 Å². The van der Waals surface area contributed by atoms with E-state index in [1.807, 2.05) is 55.5 Å². The van der Waals surface area contributed by atoms with Crippen molar-refractivity contribution < 1.29 is 4.79 Å². The quantitative estimate of drug-likeness (QED) is 0.505. The second kappa shape index (κ2) is 8.70. The van der Waals surface area contributed by atoms with Gasteiger partial charge < -0.3 is 11.1 Å². The Morgan fingerprint density at radius 2 is 2.11 bits per heavy atom. The van der Waals surface area contributed by atoms with E-state index in [-0.39, 0.29) is 5.91 Å². The summed E-state index contributed by atoms with van der Waals surface area (Å²) in [6, 6.07) is 9.66. The summed E-state index contributed by atoms with van der Waals surface area (Å²) in [6.07, 6.45) is 10.7. The lowest BCUT2D eigenvalue weighted by molar-refractivity contribution is -0.116. The van der Waals surface area contributed by atoms with Gasteiger partial charge in [-0.15, -0.1) is 0 Å². The zero-order valence-corrected chi connectivity index (χ0v) is 16.5. The number of nitrogens with one attached hydrogen (secondary N) is 1. The van der Waals surface area contributed by atoms with E-state index in [9.17, 15) is 4.79 Å². The van der Waals surface area contributed by atoms with Crippen molar-refractivity contribution in [2.24, 2.45) is 5.92 Å². The summed E-state index contributed by atoms with van der Waals surface area (Å²) in [5, 5.41) is 2.89. The summed E-state index contributed by atoms with van der Waals surface area (Å²) in [5.41, 5.74) is 11.7. The molecule has 1 aliphatic carbocycles. The molecule has 2 aromatic rings. The number of hydrogen-bond donors (Lipinski definition) is 2. The number of pyridine rings is 1. The van der Waals surface area contributed by atoms with E-state index < -0.39 is 0 Å². The summed E-state index contributed by atoms with van der Waals surface area (Å²) in [7, 11) is 0. The minimum Gasteiger partial charge on any atom is -0.399 e. The molecule has 0 bridgehead atoms. The van der Waals surface area contributed by atoms with Crippen LogP contribution >= 0.6 is 0 Å². The number of carbonyl (C=O) groups excluding carboxylic acids is 1.